The summed E-state index contributed by atoms with van der Waals surface area (Å²) in [6, 6.07) is 4.95. The van der Waals surface area contributed by atoms with Gasteiger partial charge < -0.3 is 19.5 Å². The molecule has 0 aliphatic carbocycles. The van der Waals surface area contributed by atoms with Crippen LogP contribution >= 0.6 is 0 Å². The number of rotatable bonds is 5. The average Bonchev–Trinajstić information content (AvgIpc) is 3.01. The highest BCUT2D eigenvalue weighted by atomic mass is 16.7. The Morgan fingerprint density at radius 1 is 1.39 bits per heavy atom. The van der Waals surface area contributed by atoms with Crippen LogP contribution in [0.5, 0.6) is 11.5 Å². The van der Waals surface area contributed by atoms with E-state index in [4.69, 9.17) is 9.47 Å². The number of hydrogen-bond acceptors (Lipinski definition) is 4. The van der Waals surface area contributed by atoms with Gasteiger partial charge in [0.25, 0.3) is 0 Å². The summed E-state index contributed by atoms with van der Waals surface area (Å²) in [7, 11) is 0. The molecule has 1 fully saturated rings. The molecule has 1 amide bonds. The Balaban J connectivity index is 2.03. The maximum atomic E-state index is 12.4. The Kier molecular flexibility index (Phi) is 4.41. The Labute approximate surface area is 135 Å². The number of hydrogen-bond donors (Lipinski definition) is 1. The topological polar surface area (TPSA) is 76.1 Å². The van der Waals surface area contributed by atoms with Crippen LogP contribution in [0.25, 0.3) is 0 Å². The van der Waals surface area contributed by atoms with E-state index in [1.165, 1.54) is 0 Å². The summed E-state index contributed by atoms with van der Waals surface area (Å²) in [6.45, 7) is 2.74. The minimum atomic E-state index is -0.875. The van der Waals surface area contributed by atoms with Crippen molar-refractivity contribution in [1.29, 1.82) is 0 Å². The molecule has 0 bridgehead atoms. The predicted molar refractivity (Wildman–Crippen MR) is 82.3 cm³/mol. The third-order valence-corrected chi connectivity index (χ3v) is 4.52. The fourth-order valence-corrected chi connectivity index (χ4v) is 3.37. The monoisotopic (exact) mass is 319 g/mol. The lowest BCUT2D eigenvalue weighted by Crippen LogP contribution is -2.45. The van der Waals surface area contributed by atoms with Gasteiger partial charge in [0.1, 0.15) is 0 Å². The Hall–Kier alpha value is -2.24. The van der Waals surface area contributed by atoms with Gasteiger partial charge in [0.15, 0.2) is 11.5 Å². The number of para-hydroxylation sites is 1. The van der Waals surface area contributed by atoms with Crippen LogP contribution in [0.1, 0.15) is 44.2 Å². The zero-order chi connectivity index (χ0) is 16.4. The van der Waals surface area contributed by atoms with E-state index in [0.29, 0.717) is 24.5 Å². The van der Waals surface area contributed by atoms with E-state index >= 15 is 0 Å². The fourth-order valence-electron chi connectivity index (χ4n) is 3.37. The molecule has 124 valence electrons. The van der Waals surface area contributed by atoms with Gasteiger partial charge in [-0.1, -0.05) is 25.5 Å². The van der Waals surface area contributed by atoms with E-state index in [1.807, 2.05) is 12.1 Å². The number of fused-ring (bicyclic) bond motifs is 1. The summed E-state index contributed by atoms with van der Waals surface area (Å²) in [6.07, 6.45) is 2.43. The number of aliphatic carboxylic acids is 1. The number of benzene rings is 1. The van der Waals surface area contributed by atoms with Gasteiger partial charge in [0.2, 0.25) is 12.7 Å². The molecule has 0 aromatic heterocycles. The molecule has 1 saturated heterocycles. The highest BCUT2D eigenvalue weighted by Crippen LogP contribution is 2.45. The first kappa shape index (κ1) is 15.6. The van der Waals surface area contributed by atoms with Crippen LogP contribution in [0.2, 0.25) is 0 Å². The maximum Gasteiger partial charge on any atom is 0.308 e. The second-order valence-electron chi connectivity index (χ2n) is 5.95. The van der Waals surface area contributed by atoms with Gasteiger partial charge in [-0.15, -0.1) is 0 Å². The molecule has 2 aliphatic rings. The average molecular weight is 319 g/mol. The molecule has 0 radical (unpaired) electrons. The first-order valence-corrected chi connectivity index (χ1v) is 8.04. The van der Waals surface area contributed by atoms with Gasteiger partial charge in [-0.05, 0) is 18.9 Å². The third kappa shape index (κ3) is 2.85. The number of amides is 1. The van der Waals surface area contributed by atoms with Gasteiger partial charge in [0.05, 0.1) is 12.0 Å². The SMILES string of the molecule is CCCCN1C(=O)CC[C@@H](C(=O)O)[C@H]1c1cccc2c1OCO2. The highest BCUT2D eigenvalue weighted by molar-refractivity contribution is 5.82. The quantitative estimate of drug-likeness (QED) is 0.902. The van der Waals surface area contributed by atoms with Crippen molar-refractivity contribution in [2.75, 3.05) is 13.3 Å². The molecule has 6 heteroatoms. The van der Waals surface area contributed by atoms with Crippen LogP contribution in [0.4, 0.5) is 0 Å². The van der Waals surface area contributed by atoms with Crippen molar-refractivity contribution in [3.8, 4) is 11.5 Å². The number of ether oxygens (including phenoxy) is 2. The number of nitrogens with zero attached hydrogens (tertiary/aromatic N) is 1. The maximum absolute atomic E-state index is 12.4. The van der Waals surface area contributed by atoms with Crippen LogP contribution in [-0.4, -0.2) is 35.2 Å². The minimum absolute atomic E-state index is 0.0115. The molecule has 1 N–H and O–H groups in total. The van der Waals surface area contributed by atoms with Crippen molar-refractivity contribution >= 4 is 11.9 Å². The summed E-state index contributed by atoms with van der Waals surface area (Å²) in [5, 5.41) is 9.64. The fraction of sp³-hybridized carbons (Fsp3) is 0.529. The number of carbonyl (C=O) groups is 2. The number of carboxylic acid groups (broad SMARTS) is 1. The van der Waals surface area contributed by atoms with E-state index < -0.39 is 17.9 Å². The summed E-state index contributed by atoms with van der Waals surface area (Å²) in [5.41, 5.74) is 0.733. The van der Waals surface area contributed by atoms with Crippen LogP contribution in [0.3, 0.4) is 0 Å². The zero-order valence-electron chi connectivity index (χ0n) is 13.2. The number of unbranched alkanes of at least 4 members (excludes halogenated alkanes) is 1. The van der Waals surface area contributed by atoms with Gasteiger partial charge >= 0.3 is 5.97 Å². The highest BCUT2D eigenvalue weighted by Gasteiger charge is 2.42. The van der Waals surface area contributed by atoms with Crippen molar-refractivity contribution in [3.63, 3.8) is 0 Å². The lowest BCUT2D eigenvalue weighted by atomic mass is 9.83. The molecular formula is C17H21NO5. The van der Waals surface area contributed by atoms with Crippen molar-refractivity contribution in [2.45, 2.75) is 38.6 Å². The van der Waals surface area contributed by atoms with Gasteiger partial charge in [-0.25, -0.2) is 0 Å². The molecule has 0 unspecified atom stereocenters. The Morgan fingerprint density at radius 2 is 2.22 bits per heavy atom. The molecule has 0 saturated carbocycles. The summed E-state index contributed by atoms with van der Waals surface area (Å²) in [4.78, 5) is 25.9. The first-order chi connectivity index (χ1) is 11.1. The van der Waals surface area contributed by atoms with E-state index in [1.54, 1.807) is 11.0 Å². The second-order valence-corrected chi connectivity index (χ2v) is 5.95. The summed E-state index contributed by atoms with van der Waals surface area (Å²) in [5.74, 6) is -0.307. The first-order valence-electron chi connectivity index (χ1n) is 8.04. The van der Waals surface area contributed by atoms with Gasteiger partial charge in [0, 0.05) is 18.5 Å². The largest absolute Gasteiger partial charge is 0.481 e. The van der Waals surface area contributed by atoms with Crippen LogP contribution < -0.4 is 9.47 Å². The number of piperidine rings is 1. The summed E-state index contributed by atoms with van der Waals surface area (Å²) >= 11 is 0. The third-order valence-electron chi connectivity index (χ3n) is 4.52. The van der Waals surface area contributed by atoms with E-state index in [2.05, 4.69) is 6.92 Å². The van der Waals surface area contributed by atoms with E-state index in [0.717, 1.165) is 18.4 Å². The number of likely N-dealkylation sites (tertiary alicyclic amines) is 1. The molecule has 1 aromatic carbocycles. The van der Waals surface area contributed by atoms with Crippen LogP contribution in [-0.2, 0) is 9.59 Å². The molecule has 0 spiro atoms. The van der Waals surface area contributed by atoms with E-state index in [9.17, 15) is 14.7 Å². The number of carbonyl (C=O) groups excluding carboxylic acids is 1. The molecule has 2 aliphatic heterocycles. The van der Waals surface area contributed by atoms with Crippen LogP contribution in [0.15, 0.2) is 18.2 Å². The Bertz CT molecular complexity index is 615. The minimum Gasteiger partial charge on any atom is -0.481 e. The van der Waals surface area contributed by atoms with Gasteiger partial charge in [-0.3, -0.25) is 9.59 Å². The lowest BCUT2D eigenvalue weighted by molar-refractivity contribution is -0.152. The van der Waals surface area contributed by atoms with Crippen molar-refractivity contribution in [2.24, 2.45) is 5.92 Å². The molecule has 2 atom stereocenters. The zero-order valence-corrected chi connectivity index (χ0v) is 13.2. The predicted octanol–water partition coefficient (Wildman–Crippen LogP) is 2.58. The molecule has 6 nitrogen and oxygen atoms in total. The normalized spacial score (nSPS) is 23.2. The molecule has 23 heavy (non-hydrogen) atoms. The molecule has 1 aromatic rings. The van der Waals surface area contributed by atoms with Crippen molar-refractivity contribution in [1.82, 2.24) is 4.90 Å². The smallest absolute Gasteiger partial charge is 0.308 e. The Morgan fingerprint density at radius 3 is 2.96 bits per heavy atom. The lowest BCUT2D eigenvalue weighted by Gasteiger charge is -2.40. The van der Waals surface area contributed by atoms with Crippen LogP contribution in [0, 0.1) is 5.92 Å². The van der Waals surface area contributed by atoms with Crippen molar-refractivity contribution in [3.05, 3.63) is 23.8 Å². The second kappa shape index (κ2) is 6.48. The molecule has 2 heterocycles. The van der Waals surface area contributed by atoms with Gasteiger partial charge in [-0.2, -0.15) is 0 Å². The van der Waals surface area contributed by atoms with E-state index in [-0.39, 0.29) is 19.1 Å². The molecular weight excluding hydrogens is 298 g/mol. The molecule has 3 rings (SSSR count). The summed E-state index contributed by atoms with van der Waals surface area (Å²) < 4.78 is 10.9. The number of carboxylic acids is 1. The standard InChI is InChI=1S/C17H21NO5/c1-2-3-9-18-14(19)8-7-12(17(20)21)15(18)11-5-4-6-13-16(11)23-10-22-13/h4-6,12,15H,2-3,7-10H2,1H3,(H,20,21)/t12-,15-/m1/s1. The van der Waals surface area contributed by atoms with Crippen molar-refractivity contribution < 1.29 is 24.2 Å².